The number of hydrogen-bond donors (Lipinski definition) is 3. The third-order valence-corrected chi connectivity index (χ3v) is 5.81. The molecule has 210 valence electrons. The van der Waals surface area contributed by atoms with E-state index in [0.717, 1.165) is 4.90 Å². The minimum absolute atomic E-state index is 0.108. The Balaban J connectivity index is 1.31. The van der Waals surface area contributed by atoms with Crippen LogP contribution in [-0.2, 0) is 33.3 Å². The number of aliphatic hydroxyl groups excluding tert-OH is 1. The van der Waals surface area contributed by atoms with Crippen LogP contribution in [-0.4, -0.2) is 91.5 Å². The molecular formula is C26H37N3O9. The van der Waals surface area contributed by atoms with Crippen molar-refractivity contribution in [2.45, 2.75) is 57.9 Å². The first-order valence-electron chi connectivity index (χ1n) is 12.7. The van der Waals surface area contributed by atoms with E-state index in [1.807, 2.05) is 20.8 Å². The van der Waals surface area contributed by atoms with Crippen molar-refractivity contribution in [2.24, 2.45) is 0 Å². The Morgan fingerprint density at radius 1 is 1.05 bits per heavy atom. The van der Waals surface area contributed by atoms with Crippen LogP contribution in [0, 0.1) is 0 Å². The number of nitrogens with one attached hydrogen (secondary N) is 2. The summed E-state index contributed by atoms with van der Waals surface area (Å²) in [5.74, 6) is -1.74. The van der Waals surface area contributed by atoms with Crippen molar-refractivity contribution in [2.75, 3.05) is 51.5 Å². The van der Waals surface area contributed by atoms with Gasteiger partial charge in [0.15, 0.2) is 6.23 Å². The third-order valence-electron chi connectivity index (χ3n) is 5.81. The van der Waals surface area contributed by atoms with Crippen molar-refractivity contribution in [3.8, 4) is 0 Å². The summed E-state index contributed by atoms with van der Waals surface area (Å²) in [5.41, 5.74) is 0.743. The fourth-order valence-corrected chi connectivity index (χ4v) is 4.17. The standard InChI is InChI=1S/C26H37N3O9/c1-26(2,3)38-21(31)9-11-35-13-15-37-16-14-36-12-10-27-18-6-4-5-17-22(18)25(34)29(24(17)33)19-7-8-20(30)28-23(19)32/h4-6,19,24,27,33H,7-16H2,1-3H3,(H,28,30,32). The number of rotatable bonds is 14. The summed E-state index contributed by atoms with van der Waals surface area (Å²) in [4.78, 5) is 49.6. The molecule has 0 spiro atoms. The highest BCUT2D eigenvalue weighted by Crippen LogP contribution is 2.38. The molecule has 0 radical (unpaired) electrons. The van der Waals surface area contributed by atoms with Crippen molar-refractivity contribution < 1.29 is 43.2 Å². The highest BCUT2D eigenvalue weighted by molar-refractivity contribution is 6.08. The van der Waals surface area contributed by atoms with Crippen molar-refractivity contribution in [3.63, 3.8) is 0 Å². The highest BCUT2D eigenvalue weighted by Gasteiger charge is 2.45. The van der Waals surface area contributed by atoms with Gasteiger partial charge in [0.1, 0.15) is 11.6 Å². The molecule has 1 fully saturated rings. The molecule has 1 aromatic carbocycles. The Bertz CT molecular complexity index is 1010. The fraction of sp³-hybridized carbons (Fsp3) is 0.615. The van der Waals surface area contributed by atoms with E-state index in [0.29, 0.717) is 56.4 Å². The number of fused-ring (bicyclic) bond motifs is 1. The molecule has 38 heavy (non-hydrogen) atoms. The highest BCUT2D eigenvalue weighted by atomic mass is 16.6. The van der Waals surface area contributed by atoms with E-state index in [1.54, 1.807) is 18.2 Å². The predicted molar refractivity (Wildman–Crippen MR) is 135 cm³/mol. The van der Waals surface area contributed by atoms with Crippen LogP contribution < -0.4 is 10.6 Å². The lowest BCUT2D eigenvalue weighted by Gasteiger charge is -2.31. The van der Waals surface area contributed by atoms with Gasteiger partial charge in [-0.3, -0.25) is 29.4 Å². The van der Waals surface area contributed by atoms with Gasteiger partial charge in [0.05, 0.1) is 51.6 Å². The van der Waals surface area contributed by atoms with E-state index in [2.05, 4.69) is 10.6 Å². The number of hydrogen-bond acceptors (Lipinski definition) is 10. The van der Waals surface area contributed by atoms with Crippen LogP contribution in [0.3, 0.4) is 0 Å². The van der Waals surface area contributed by atoms with Crippen molar-refractivity contribution in [1.29, 1.82) is 0 Å². The molecular weight excluding hydrogens is 498 g/mol. The zero-order valence-corrected chi connectivity index (χ0v) is 22.1. The van der Waals surface area contributed by atoms with Gasteiger partial charge < -0.3 is 29.4 Å². The molecule has 2 aliphatic heterocycles. The predicted octanol–water partition coefficient (Wildman–Crippen LogP) is 1.13. The van der Waals surface area contributed by atoms with Gasteiger partial charge >= 0.3 is 5.97 Å². The molecule has 3 amide bonds. The Labute approximate surface area is 221 Å². The lowest BCUT2D eigenvalue weighted by atomic mass is 10.0. The number of imide groups is 1. The molecule has 3 rings (SSSR count). The van der Waals surface area contributed by atoms with Crippen molar-refractivity contribution in [3.05, 3.63) is 29.3 Å². The first-order valence-corrected chi connectivity index (χ1v) is 12.7. The number of nitrogens with zero attached hydrogens (tertiary/aromatic N) is 1. The van der Waals surface area contributed by atoms with Crippen molar-refractivity contribution >= 4 is 29.4 Å². The minimum Gasteiger partial charge on any atom is -0.460 e. The normalized spacial score (nSPS) is 19.4. The number of carbonyl (C=O) groups excluding carboxylic acids is 4. The molecule has 0 aromatic heterocycles. The molecule has 2 unspecified atom stereocenters. The molecule has 12 heteroatoms. The first-order chi connectivity index (χ1) is 18.1. The summed E-state index contributed by atoms with van der Waals surface area (Å²) in [5, 5.41) is 16.1. The Morgan fingerprint density at radius 2 is 1.71 bits per heavy atom. The van der Waals surface area contributed by atoms with Gasteiger partial charge in [0, 0.05) is 24.2 Å². The summed E-state index contributed by atoms with van der Waals surface area (Å²) < 4.78 is 21.5. The van der Waals surface area contributed by atoms with Crippen LogP contribution in [0.15, 0.2) is 18.2 Å². The maximum absolute atomic E-state index is 13.1. The number of carbonyl (C=O) groups is 4. The zero-order valence-electron chi connectivity index (χ0n) is 22.1. The van der Waals surface area contributed by atoms with Crippen LogP contribution in [0.5, 0.6) is 0 Å². The molecule has 0 saturated carbocycles. The van der Waals surface area contributed by atoms with E-state index < -0.39 is 29.7 Å². The van der Waals surface area contributed by atoms with Gasteiger partial charge in [-0.15, -0.1) is 0 Å². The number of ether oxygens (including phenoxy) is 4. The number of benzene rings is 1. The monoisotopic (exact) mass is 535 g/mol. The average molecular weight is 536 g/mol. The van der Waals surface area contributed by atoms with Gasteiger partial charge in [-0.25, -0.2) is 0 Å². The lowest BCUT2D eigenvalue weighted by molar-refractivity contribution is -0.156. The SMILES string of the molecule is CC(C)(C)OC(=O)CCOCCOCCOCCNc1cccc2c1C(=O)N(C1CCC(=O)NC1=O)C2O. The maximum Gasteiger partial charge on any atom is 0.308 e. The van der Waals surface area contributed by atoms with Crippen LogP contribution >= 0.6 is 0 Å². The summed E-state index contributed by atoms with van der Waals surface area (Å²) in [6.07, 6.45) is -0.801. The molecule has 0 bridgehead atoms. The van der Waals surface area contributed by atoms with Gasteiger partial charge in [0.25, 0.3) is 5.91 Å². The van der Waals surface area contributed by atoms with E-state index in [-0.39, 0.29) is 37.7 Å². The molecule has 2 atom stereocenters. The maximum atomic E-state index is 13.1. The van der Waals surface area contributed by atoms with Gasteiger partial charge in [-0.05, 0) is 33.3 Å². The van der Waals surface area contributed by atoms with Gasteiger partial charge in [-0.1, -0.05) is 12.1 Å². The second-order valence-corrected chi connectivity index (χ2v) is 9.92. The minimum atomic E-state index is -1.27. The fourth-order valence-electron chi connectivity index (χ4n) is 4.17. The van der Waals surface area contributed by atoms with E-state index in [4.69, 9.17) is 18.9 Å². The van der Waals surface area contributed by atoms with E-state index in [1.165, 1.54) is 0 Å². The Morgan fingerprint density at radius 3 is 2.37 bits per heavy atom. The summed E-state index contributed by atoms with van der Waals surface area (Å²) in [6, 6.07) is 4.18. The summed E-state index contributed by atoms with van der Waals surface area (Å²) in [6.45, 7) is 7.96. The number of anilines is 1. The molecule has 2 heterocycles. The summed E-state index contributed by atoms with van der Waals surface area (Å²) >= 11 is 0. The number of piperidine rings is 1. The van der Waals surface area contributed by atoms with Gasteiger partial charge in [0.2, 0.25) is 11.8 Å². The molecule has 2 aliphatic rings. The van der Waals surface area contributed by atoms with Crippen LogP contribution in [0.2, 0.25) is 0 Å². The van der Waals surface area contributed by atoms with E-state index >= 15 is 0 Å². The molecule has 1 saturated heterocycles. The molecule has 1 aromatic rings. The second kappa shape index (κ2) is 13.7. The molecule has 3 N–H and O–H groups in total. The third kappa shape index (κ3) is 8.22. The van der Waals surface area contributed by atoms with Crippen molar-refractivity contribution in [1.82, 2.24) is 10.2 Å². The topological polar surface area (TPSA) is 153 Å². The molecule has 12 nitrogen and oxygen atoms in total. The lowest BCUT2D eigenvalue weighted by Crippen LogP contribution is -2.53. The molecule has 0 aliphatic carbocycles. The Hall–Kier alpha value is -3.06. The largest absolute Gasteiger partial charge is 0.460 e. The average Bonchev–Trinajstić information content (AvgIpc) is 3.09. The zero-order chi connectivity index (χ0) is 27.7. The Kier molecular flexibility index (Phi) is 10.6. The van der Waals surface area contributed by atoms with Crippen LogP contribution in [0.4, 0.5) is 5.69 Å². The number of esters is 1. The van der Waals surface area contributed by atoms with E-state index in [9.17, 15) is 24.3 Å². The second-order valence-electron chi connectivity index (χ2n) is 9.92. The smallest absolute Gasteiger partial charge is 0.308 e. The van der Waals surface area contributed by atoms with Gasteiger partial charge in [-0.2, -0.15) is 0 Å². The first kappa shape index (κ1) is 29.5. The quantitative estimate of drug-likeness (QED) is 0.180. The van der Waals surface area contributed by atoms with Crippen LogP contribution in [0.1, 0.15) is 62.2 Å². The number of aliphatic hydroxyl groups is 1. The summed E-state index contributed by atoms with van der Waals surface area (Å²) in [7, 11) is 0. The van der Waals surface area contributed by atoms with Crippen LogP contribution in [0.25, 0.3) is 0 Å². The number of amides is 3.